The lowest BCUT2D eigenvalue weighted by Gasteiger charge is -2.00. The van der Waals surface area contributed by atoms with Crippen molar-refractivity contribution in [2.75, 3.05) is 28.7 Å². The lowest BCUT2D eigenvalue weighted by atomic mass is 10.2. The van der Waals surface area contributed by atoms with Crippen LogP contribution in [0, 0.1) is 6.92 Å². The zero-order chi connectivity index (χ0) is 29.7. The average molecular weight is 552 g/mol. The van der Waals surface area contributed by atoms with Crippen molar-refractivity contribution in [3.05, 3.63) is 70.5 Å². The van der Waals surface area contributed by atoms with Crippen molar-refractivity contribution in [3.63, 3.8) is 0 Å². The lowest BCUT2D eigenvalue weighted by Crippen LogP contribution is -2.08. The maximum atomic E-state index is 10.5. The second kappa shape index (κ2) is 14.4. The molecule has 5 rings (SSSR count). The first-order chi connectivity index (χ1) is 18.9. The Labute approximate surface area is 224 Å². The van der Waals surface area contributed by atoms with Gasteiger partial charge in [0.25, 0.3) is 5.56 Å². The number of nitrogen functional groups attached to an aromatic ring is 5. The summed E-state index contributed by atoms with van der Waals surface area (Å²) < 4.78 is 0. The van der Waals surface area contributed by atoms with Crippen LogP contribution in [0.5, 0.6) is 5.88 Å². The molecule has 0 atom stereocenters. The normalized spacial score (nSPS) is 9.53. The van der Waals surface area contributed by atoms with Gasteiger partial charge in [0, 0.05) is 17.7 Å². The van der Waals surface area contributed by atoms with Gasteiger partial charge in [-0.05, 0) is 6.92 Å². The largest absolute Gasteiger partial charge is 0.494 e. The maximum Gasteiger partial charge on any atom is 0.336 e. The Balaban J connectivity index is 0.000000194. The molecule has 40 heavy (non-hydrogen) atoms. The molecule has 0 fully saturated rings. The molecule has 0 saturated heterocycles. The van der Waals surface area contributed by atoms with Crippen molar-refractivity contribution in [3.8, 4) is 17.3 Å². The molecule has 1 aromatic carbocycles. The van der Waals surface area contributed by atoms with E-state index in [1.54, 1.807) is 6.92 Å². The average Bonchev–Trinajstić information content (AvgIpc) is 3.35. The number of anilines is 5. The summed E-state index contributed by atoms with van der Waals surface area (Å²) in [4.78, 5) is 48.9. The third kappa shape index (κ3) is 10.7. The first-order valence-electron chi connectivity index (χ1n) is 10.8. The van der Waals surface area contributed by atoms with Crippen molar-refractivity contribution in [1.82, 2.24) is 50.1 Å². The standard InChI is InChI=1S/C9H9N5.C6H5NO4.C4H7N5.C2H4N4/c10-8-12-7(13-9(11)14-8)6-4-2-1-3-5-6;8-4-1-3(6(10)11)2-5(9)7-4;1-2-7-3(5)9-4(6)8-2;3-2-4-1-5-6-2/h1-5H,(H4,10,11,12,13,14);1-2H,(H,10,11)(H2,7,8,9);1H3,(H4,5,6,7,8,9);1H,(H3,3,4,5,6). The molecule has 19 nitrogen and oxygen atoms in total. The van der Waals surface area contributed by atoms with Crippen LogP contribution < -0.4 is 34.2 Å². The molecule has 0 unspecified atom stereocenters. The smallest absolute Gasteiger partial charge is 0.336 e. The summed E-state index contributed by atoms with van der Waals surface area (Å²) >= 11 is 0. The number of aromatic carboxylic acids is 1. The number of hydrogen-bond acceptors (Lipinski definition) is 16. The van der Waals surface area contributed by atoms with Crippen LogP contribution in [0.1, 0.15) is 16.2 Å². The van der Waals surface area contributed by atoms with Crippen molar-refractivity contribution in [2.45, 2.75) is 6.92 Å². The van der Waals surface area contributed by atoms with Gasteiger partial charge in [0.15, 0.2) is 11.7 Å². The Morgan fingerprint density at radius 2 is 1.38 bits per heavy atom. The van der Waals surface area contributed by atoms with E-state index in [0.717, 1.165) is 17.7 Å². The number of aromatic amines is 2. The Morgan fingerprint density at radius 1 is 0.825 bits per heavy atom. The summed E-state index contributed by atoms with van der Waals surface area (Å²) in [5, 5.41) is 23.0. The number of rotatable bonds is 2. The van der Waals surface area contributed by atoms with Crippen molar-refractivity contribution in [1.29, 1.82) is 0 Å². The predicted molar refractivity (Wildman–Crippen MR) is 144 cm³/mol. The third-order valence-corrected chi connectivity index (χ3v) is 3.99. The van der Waals surface area contributed by atoms with Gasteiger partial charge in [0.1, 0.15) is 12.2 Å². The second-order valence-corrected chi connectivity index (χ2v) is 7.13. The van der Waals surface area contributed by atoms with Gasteiger partial charge in [-0.3, -0.25) is 9.78 Å². The molecule has 19 heteroatoms. The monoisotopic (exact) mass is 551 g/mol. The van der Waals surface area contributed by atoms with Gasteiger partial charge in [-0.1, -0.05) is 30.3 Å². The topological polar surface area (TPSA) is 339 Å². The highest BCUT2D eigenvalue weighted by molar-refractivity contribution is 5.87. The predicted octanol–water partition coefficient (Wildman–Crippen LogP) is -0.787. The molecule has 0 amide bonds. The van der Waals surface area contributed by atoms with Crippen LogP contribution in [-0.2, 0) is 0 Å². The summed E-state index contributed by atoms with van der Waals surface area (Å²) in [6.07, 6.45) is 1.36. The van der Waals surface area contributed by atoms with Crippen LogP contribution in [0.25, 0.3) is 11.4 Å². The van der Waals surface area contributed by atoms with Crippen LogP contribution in [0.15, 0.2) is 53.6 Å². The van der Waals surface area contributed by atoms with Gasteiger partial charge in [-0.25, -0.2) is 14.9 Å². The fourth-order valence-electron chi connectivity index (χ4n) is 2.52. The quantitative estimate of drug-likeness (QED) is 0.130. The lowest BCUT2D eigenvalue weighted by molar-refractivity contribution is 0.0696. The molecule has 0 radical (unpaired) electrons. The number of nitrogens with zero attached hydrogens (tertiary/aromatic N) is 8. The van der Waals surface area contributed by atoms with E-state index in [-0.39, 0.29) is 29.4 Å². The Bertz CT molecular complexity index is 1510. The number of nitrogens with two attached hydrogens (primary N) is 5. The molecule has 14 N–H and O–H groups in total. The number of nitrogens with one attached hydrogen (secondary N) is 2. The highest BCUT2D eigenvalue weighted by Crippen LogP contribution is 2.14. The van der Waals surface area contributed by atoms with Gasteiger partial charge >= 0.3 is 5.97 Å². The molecule has 0 saturated carbocycles. The molecule has 0 aliphatic carbocycles. The Hall–Kier alpha value is -6.40. The van der Waals surface area contributed by atoms with E-state index in [0.29, 0.717) is 17.6 Å². The highest BCUT2D eigenvalue weighted by atomic mass is 16.4. The fraction of sp³-hybridized carbons (Fsp3) is 0.0476. The van der Waals surface area contributed by atoms with Gasteiger partial charge in [-0.2, -0.15) is 35.0 Å². The van der Waals surface area contributed by atoms with E-state index in [9.17, 15) is 9.59 Å². The van der Waals surface area contributed by atoms with Crippen molar-refractivity contribution >= 4 is 35.7 Å². The summed E-state index contributed by atoms with van der Waals surface area (Å²) in [6, 6.07) is 11.3. The molecule has 0 aliphatic heterocycles. The minimum atomic E-state index is -1.24. The third-order valence-electron chi connectivity index (χ3n) is 3.99. The number of carboxylic acids is 1. The Morgan fingerprint density at radius 3 is 1.77 bits per heavy atom. The van der Waals surface area contributed by atoms with Crippen LogP contribution in [0.3, 0.4) is 0 Å². The zero-order valence-electron chi connectivity index (χ0n) is 20.8. The number of carbonyl (C=O) groups is 1. The molecular formula is C21H25N15O4. The molecule has 5 aromatic rings. The molecule has 0 bridgehead atoms. The zero-order valence-corrected chi connectivity index (χ0v) is 20.8. The molecule has 4 heterocycles. The number of aromatic nitrogens is 10. The minimum absolute atomic E-state index is 0.136. The highest BCUT2D eigenvalue weighted by Gasteiger charge is 2.04. The van der Waals surface area contributed by atoms with E-state index >= 15 is 0 Å². The van der Waals surface area contributed by atoms with Crippen LogP contribution in [0.4, 0.5) is 29.7 Å². The van der Waals surface area contributed by atoms with E-state index in [1.807, 2.05) is 35.3 Å². The number of carboxylic acid groups (broad SMARTS) is 1. The number of benzene rings is 1. The second-order valence-electron chi connectivity index (χ2n) is 7.13. The van der Waals surface area contributed by atoms with Crippen LogP contribution >= 0.6 is 0 Å². The van der Waals surface area contributed by atoms with Crippen molar-refractivity contribution < 1.29 is 15.0 Å². The van der Waals surface area contributed by atoms with Gasteiger partial charge < -0.3 is 38.9 Å². The first-order valence-corrected chi connectivity index (χ1v) is 10.8. The molecule has 208 valence electrons. The van der Waals surface area contributed by atoms with E-state index in [2.05, 4.69) is 45.1 Å². The van der Waals surface area contributed by atoms with Crippen LogP contribution in [-0.4, -0.2) is 66.3 Å². The minimum Gasteiger partial charge on any atom is -0.494 e. The number of aryl methyl sites for hydroxylation is 1. The number of pyridine rings is 1. The van der Waals surface area contributed by atoms with Gasteiger partial charge in [0.05, 0.1) is 5.56 Å². The fourth-order valence-corrected chi connectivity index (χ4v) is 2.52. The molecule has 0 spiro atoms. The number of hydrogen-bond donors (Lipinski definition) is 9. The number of H-pyrrole nitrogens is 2. The van der Waals surface area contributed by atoms with Gasteiger partial charge in [0.2, 0.25) is 29.7 Å². The van der Waals surface area contributed by atoms with E-state index < -0.39 is 17.4 Å². The Kier molecular flexibility index (Phi) is 10.7. The van der Waals surface area contributed by atoms with Gasteiger partial charge in [-0.15, -0.1) is 0 Å². The summed E-state index contributed by atoms with van der Waals surface area (Å²) in [6.45, 7) is 1.70. The first kappa shape index (κ1) is 29.8. The molecule has 0 aliphatic rings. The SMILES string of the molecule is Cc1nc(N)nc(N)n1.Nc1nc(N)nc(-c2ccccc2)n1.Nc1ncn[nH]1.O=C(O)c1cc(O)[nH]c(=O)c1. The summed E-state index contributed by atoms with van der Waals surface area (Å²) in [7, 11) is 0. The van der Waals surface area contributed by atoms with Crippen molar-refractivity contribution in [2.24, 2.45) is 0 Å². The van der Waals surface area contributed by atoms with E-state index in [4.69, 9.17) is 38.9 Å². The maximum absolute atomic E-state index is 10.5. The number of aromatic hydroxyl groups is 1. The summed E-state index contributed by atoms with van der Waals surface area (Å²) in [5.74, 6) is 0.305. The van der Waals surface area contributed by atoms with Crippen LogP contribution in [0.2, 0.25) is 0 Å². The summed E-state index contributed by atoms with van der Waals surface area (Å²) in [5.41, 5.74) is 26.4. The van der Waals surface area contributed by atoms with E-state index in [1.165, 1.54) is 6.33 Å². The molecular weight excluding hydrogens is 526 g/mol. The molecule has 4 aromatic heterocycles.